The van der Waals surface area contributed by atoms with E-state index in [2.05, 4.69) is 15.5 Å². The molecule has 0 fully saturated rings. The lowest BCUT2D eigenvalue weighted by Gasteiger charge is -2.35. The second-order valence-electron chi connectivity index (χ2n) is 8.66. The maximum atomic E-state index is 13.4. The Morgan fingerprint density at radius 3 is 2.53 bits per heavy atom. The van der Waals surface area contributed by atoms with Crippen LogP contribution in [0.1, 0.15) is 35.5 Å². The van der Waals surface area contributed by atoms with Crippen LogP contribution in [-0.2, 0) is 6.54 Å². The SMILES string of the molecule is COc1cccc(C2NC(=O)N(Cc3ccc(C)cc3)C(C)=C2c2nc(-c3ccc(F)cc3)no2)c1. The summed E-state index contributed by atoms with van der Waals surface area (Å²) in [6.07, 6.45) is 0. The van der Waals surface area contributed by atoms with E-state index < -0.39 is 6.04 Å². The molecule has 1 unspecified atom stereocenters. The van der Waals surface area contributed by atoms with Crippen molar-refractivity contribution in [2.45, 2.75) is 26.4 Å². The minimum absolute atomic E-state index is 0.233. The van der Waals surface area contributed by atoms with Gasteiger partial charge in [-0.15, -0.1) is 0 Å². The smallest absolute Gasteiger partial charge is 0.322 e. The van der Waals surface area contributed by atoms with Crippen LogP contribution in [0.3, 0.4) is 0 Å². The van der Waals surface area contributed by atoms with Gasteiger partial charge in [0, 0.05) is 11.3 Å². The number of amides is 2. The zero-order valence-corrected chi connectivity index (χ0v) is 20.2. The molecule has 36 heavy (non-hydrogen) atoms. The molecular weight excluding hydrogens is 459 g/mol. The molecule has 0 bridgehead atoms. The van der Waals surface area contributed by atoms with E-state index in [0.29, 0.717) is 35.0 Å². The van der Waals surface area contributed by atoms with Crippen molar-refractivity contribution in [1.29, 1.82) is 0 Å². The molecule has 7 nitrogen and oxygen atoms in total. The quantitative estimate of drug-likeness (QED) is 0.369. The van der Waals surface area contributed by atoms with Gasteiger partial charge in [0.15, 0.2) is 0 Å². The molecule has 1 aromatic heterocycles. The number of urea groups is 1. The van der Waals surface area contributed by atoms with Crippen LogP contribution in [0.4, 0.5) is 9.18 Å². The van der Waals surface area contributed by atoms with Gasteiger partial charge >= 0.3 is 6.03 Å². The summed E-state index contributed by atoms with van der Waals surface area (Å²) >= 11 is 0. The summed E-state index contributed by atoms with van der Waals surface area (Å²) in [6.45, 7) is 4.27. The van der Waals surface area contributed by atoms with Crippen molar-refractivity contribution in [2.24, 2.45) is 0 Å². The van der Waals surface area contributed by atoms with Crippen molar-refractivity contribution in [1.82, 2.24) is 20.4 Å². The van der Waals surface area contributed by atoms with Crippen LogP contribution in [0.5, 0.6) is 5.75 Å². The van der Waals surface area contributed by atoms with Gasteiger partial charge in [-0.05, 0) is 61.4 Å². The molecule has 5 rings (SSSR count). The Hall–Kier alpha value is -4.46. The van der Waals surface area contributed by atoms with Crippen molar-refractivity contribution in [2.75, 3.05) is 7.11 Å². The van der Waals surface area contributed by atoms with Crippen LogP contribution >= 0.6 is 0 Å². The molecule has 0 spiro atoms. The summed E-state index contributed by atoms with van der Waals surface area (Å²) in [5.74, 6) is 0.921. The third kappa shape index (κ3) is 4.57. The molecule has 0 saturated heterocycles. The van der Waals surface area contributed by atoms with Crippen LogP contribution in [0.2, 0.25) is 0 Å². The summed E-state index contributed by atoms with van der Waals surface area (Å²) in [5.41, 5.74) is 4.95. The molecule has 8 heteroatoms. The van der Waals surface area contributed by atoms with E-state index in [1.165, 1.54) is 12.1 Å². The Morgan fingerprint density at radius 1 is 1.06 bits per heavy atom. The van der Waals surface area contributed by atoms with E-state index in [9.17, 15) is 9.18 Å². The first-order valence-electron chi connectivity index (χ1n) is 11.5. The topological polar surface area (TPSA) is 80.5 Å². The van der Waals surface area contributed by atoms with Gasteiger partial charge in [0.1, 0.15) is 11.6 Å². The lowest BCUT2D eigenvalue weighted by atomic mass is 9.94. The van der Waals surface area contributed by atoms with E-state index in [1.54, 1.807) is 24.1 Å². The minimum atomic E-state index is -0.539. The summed E-state index contributed by atoms with van der Waals surface area (Å²) < 4.78 is 24.5. The molecule has 3 aromatic carbocycles. The van der Waals surface area contributed by atoms with Gasteiger partial charge in [-0.25, -0.2) is 9.18 Å². The van der Waals surface area contributed by atoms with Crippen LogP contribution in [0.15, 0.2) is 83.0 Å². The lowest BCUT2D eigenvalue weighted by Crippen LogP contribution is -2.45. The molecule has 0 saturated carbocycles. The monoisotopic (exact) mass is 484 g/mol. The van der Waals surface area contributed by atoms with Gasteiger partial charge < -0.3 is 14.6 Å². The Balaban J connectivity index is 1.59. The van der Waals surface area contributed by atoms with E-state index in [0.717, 1.165) is 16.7 Å². The van der Waals surface area contributed by atoms with Crippen molar-refractivity contribution in [3.05, 3.63) is 107 Å². The fourth-order valence-electron chi connectivity index (χ4n) is 4.25. The number of ether oxygens (including phenoxy) is 1. The predicted molar refractivity (Wildman–Crippen MR) is 133 cm³/mol. The molecule has 2 heterocycles. The maximum absolute atomic E-state index is 13.4. The number of carbonyl (C=O) groups is 1. The Kier molecular flexibility index (Phi) is 6.25. The average molecular weight is 485 g/mol. The highest BCUT2D eigenvalue weighted by atomic mass is 19.1. The molecule has 1 atom stereocenters. The summed E-state index contributed by atoms with van der Waals surface area (Å²) in [5, 5.41) is 7.22. The van der Waals surface area contributed by atoms with Gasteiger partial charge in [0.25, 0.3) is 5.89 Å². The predicted octanol–water partition coefficient (Wildman–Crippen LogP) is 5.89. The van der Waals surface area contributed by atoms with Crippen LogP contribution in [-0.4, -0.2) is 28.2 Å². The number of hydrogen-bond acceptors (Lipinski definition) is 5. The van der Waals surface area contributed by atoms with Crippen LogP contribution in [0.25, 0.3) is 17.0 Å². The molecule has 0 radical (unpaired) electrons. The lowest BCUT2D eigenvalue weighted by molar-refractivity contribution is 0.203. The standard InChI is InChI=1S/C28H25FN4O3/c1-17-7-9-19(10-8-17)16-33-18(2)24(25(30-28(33)34)21-5-4-6-23(15-21)35-3)27-31-26(32-36-27)20-11-13-22(29)14-12-20/h4-15,25H,16H2,1-3H3,(H,30,34). The minimum Gasteiger partial charge on any atom is -0.497 e. The summed E-state index contributed by atoms with van der Waals surface area (Å²) in [4.78, 5) is 19.6. The Labute approximate surface area is 208 Å². The third-order valence-corrected chi connectivity index (χ3v) is 6.24. The maximum Gasteiger partial charge on any atom is 0.322 e. The second-order valence-corrected chi connectivity index (χ2v) is 8.66. The molecular formula is C28H25FN4O3. The van der Waals surface area contributed by atoms with Gasteiger partial charge in [-0.1, -0.05) is 47.1 Å². The van der Waals surface area contributed by atoms with E-state index in [1.807, 2.05) is 62.4 Å². The highest BCUT2D eigenvalue weighted by Gasteiger charge is 2.36. The van der Waals surface area contributed by atoms with Gasteiger partial charge in [0.2, 0.25) is 5.82 Å². The number of rotatable bonds is 6. The van der Waals surface area contributed by atoms with Gasteiger partial charge in [-0.3, -0.25) is 4.90 Å². The second kappa shape index (κ2) is 9.65. The average Bonchev–Trinajstić information content (AvgIpc) is 3.37. The number of nitrogens with zero attached hydrogens (tertiary/aromatic N) is 3. The molecule has 0 aliphatic carbocycles. The highest BCUT2D eigenvalue weighted by molar-refractivity contribution is 5.87. The Bertz CT molecular complexity index is 1430. The van der Waals surface area contributed by atoms with Crippen molar-refractivity contribution in [3.63, 3.8) is 0 Å². The summed E-state index contributed by atoms with van der Waals surface area (Å²) in [7, 11) is 1.59. The number of halogens is 1. The fourth-order valence-corrected chi connectivity index (χ4v) is 4.25. The van der Waals surface area contributed by atoms with Gasteiger partial charge in [-0.2, -0.15) is 4.98 Å². The number of allylic oxidation sites excluding steroid dienone is 1. The Morgan fingerprint density at radius 2 is 1.81 bits per heavy atom. The number of methoxy groups -OCH3 is 1. The summed E-state index contributed by atoms with van der Waals surface area (Å²) in [6, 6.07) is 20.6. The molecule has 2 amide bonds. The number of carbonyl (C=O) groups excluding carboxylic acids is 1. The zero-order chi connectivity index (χ0) is 25.2. The number of aryl methyl sites for hydroxylation is 1. The highest BCUT2D eigenvalue weighted by Crippen LogP contribution is 2.38. The third-order valence-electron chi connectivity index (χ3n) is 6.24. The number of nitrogens with one attached hydrogen (secondary N) is 1. The van der Waals surface area contributed by atoms with E-state index in [4.69, 9.17) is 9.26 Å². The first kappa shape index (κ1) is 23.3. The number of benzene rings is 3. The largest absolute Gasteiger partial charge is 0.497 e. The molecule has 1 aliphatic heterocycles. The van der Waals surface area contributed by atoms with Crippen LogP contribution < -0.4 is 10.1 Å². The van der Waals surface area contributed by atoms with Crippen LogP contribution in [0, 0.1) is 12.7 Å². The normalized spacial score (nSPS) is 15.7. The molecule has 1 N–H and O–H groups in total. The van der Waals surface area contributed by atoms with E-state index >= 15 is 0 Å². The fraction of sp³-hybridized carbons (Fsp3) is 0.179. The first-order valence-corrected chi connectivity index (χ1v) is 11.5. The first-order chi connectivity index (χ1) is 17.4. The van der Waals surface area contributed by atoms with E-state index in [-0.39, 0.29) is 17.7 Å². The zero-order valence-electron chi connectivity index (χ0n) is 20.2. The van der Waals surface area contributed by atoms with Crippen molar-refractivity contribution < 1.29 is 18.4 Å². The van der Waals surface area contributed by atoms with Gasteiger partial charge in [0.05, 0.1) is 25.3 Å². The van der Waals surface area contributed by atoms with Crippen molar-refractivity contribution in [3.8, 4) is 17.1 Å². The number of hydrogen-bond donors (Lipinski definition) is 1. The van der Waals surface area contributed by atoms with Crippen molar-refractivity contribution >= 4 is 11.6 Å². The molecule has 182 valence electrons. The molecule has 4 aromatic rings. The number of aromatic nitrogens is 2. The molecule has 1 aliphatic rings.